The Morgan fingerprint density at radius 1 is 1.29 bits per heavy atom. The lowest BCUT2D eigenvalue weighted by molar-refractivity contribution is -0.387. The number of hydrogen-bond donors (Lipinski definition) is 2. The number of hydrogen-bond acceptors (Lipinski definition) is 6. The normalized spacial score (nSPS) is 11.1. The Hall–Kier alpha value is -2.68. The summed E-state index contributed by atoms with van der Waals surface area (Å²) < 4.78 is 26.7. The fraction of sp³-hybridized carbons (Fsp3) is 0.0833. The first kappa shape index (κ1) is 14.7. The van der Waals surface area contributed by atoms with Gasteiger partial charge in [0.25, 0.3) is 15.7 Å². The van der Waals surface area contributed by atoms with E-state index in [2.05, 4.69) is 4.98 Å². The van der Waals surface area contributed by atoms with Crippen molar-refractivity contribution in [3.63, 3.8) is 0 Å². The number of nitrogens with one attached hydrogen (secondary N) is 1. The van der Waals surface area contributed by atoms with Gasteiger partial charge in [0.05, 0.1) is 4.92 Å². The third-order valence-electron chi connectivity index (χ3n) is 2.67. The maximum Gasteiger partial charge on any atom is 0.290 e. The van der Waals surface area contributed by atoms with E-state index in [0.29, 0.717) is 0 Å². The summed E-state index contributed by atoms with van der Waals surface area (Å²) in [7, 11) is -4.26. The van der Waals surface area contributed by atoms with E-state index in [1.807, 2.05) is 4.72 Å². The van der Waals surface area contributed by atoms with Gasteiger partial charge < -0.3 is 5.11 Å². The Morgan fingerprint density at radius 2 is 2.00 bits per heavy atom. The number of nitro groups is 1. The number of rotatable bonds is 4. The van der Waals surface area contributed by atoms with E-state index < -0.39 is 25.5 Å². The van der Waals surface area contributed by atoms with Crippen LogP contribution in [0.2, 0.25) is 0 Å². The van der Waals surface area contributed by atoms with Crippen LogP contribution in [0.15, 0.2) is 41.4 Å². The van der Waals surface area contributed by atoms with Crippen LogP contribution >= 0.6 is 0 Å². The lowest BCUT2D eigenvalue weighted by Gasteiger charge is -2.10. The van der Waals surface area contributed by atoms with Gasteiger partial charge in [-0.15, -0.1) is 0 Å². The van der Waals surface area contributed by atoms with Crippen molar-refractivity contribution < 1.29 is 18.4 Å². The van der Waals surface area contributed by atoms with Gasteiger partial charge in [0.15, 0.2) is 16.5 Å². The quantitative estimate of drug-likeness (QED) is 0.656. The number of anilines is 1. The monoisotopic (exact) mass is 309 g/mol. The molecule has 0 fully saturated rings. The first-order valence-corrected chi connectivity index (χ1v) is 7.22. The summed E-state index contributed by atoms with van der Waals surface area (Å²) in [6.07, 6.45) is 1.28. The van der Waals surface area contributed by atoms with Crippen LogP contribution in [0.25, 0.3) is 0 Å². The molecule has 0 bridgehead atoms. The molecule has 9 heteroatoms. The Balaban J connectivity index is 2.56. The first-order chi connectivity index (χ1) is 9.83. The van der Waals surface area contributed by atoms with Crippen molar-refractivity contribution in [1.29, 1.82) is 0 Å². The lowest BCUT2D eigenvalue weighted by atomic mass is 10.2. The van der Waals surface area contributed by atoms with Crippen LogP contribution in [0.1, 0.15) is 5.56 Å². The fourth-order valence-corrected chi connectivity index (χ4v) is 3.21. The van der Waals surface area contributed by atoms with Crippen LogP contribution < -0.4 is 4.72 Å². The average Bonchev–Trinajstić information content (AvgIpc) is 2.40. The molecule has 0 atom stereocenters. The van der Waals surface area contributed by atoms with E-state index >= 15 is 0 Å². The van der Waals surface area contributed by atoms with Gasteiger partial charge in [0.1, 0.15) is 0 Å². The van der Waals surface area contributed by atoms with Crippen LogP contribution in [-0.2, 0) is 10.0 Å². The minimum Gasteiger partial charge on any atom is -0.504 e. The minimum atomic E-state index is -4.26. The standard InChI is InChI=1S/C12H11N3O5S/c1-8-4-2-5-9(15(17)18)11(8)21(19,20)14-12-10(16)6-3-7-13-12/h2-7,16H,1H3,(H,13,14). The molecule has 0 radical (unpaired) electrons. The number of sulfonamides is 1. The number of benzene rings is 1. The van der Waals surface area contributed by atoms with Gasteiger partial charge in [0.2, 0.25) is 0 Å². The third-order valence-corrected chi connectivity index (χ3v) is 4.20. The average molecular weight is 309 g/mol. The molecule has 0 aliphatic carbocycles. The Bertz CT molecular complexity index is 804. The van der Waals surface area contributed by atoms with Gasteiger partial charge in [-0.05, 0) is 24.6 Å². The van der Waals surface area contributed by atoms with Crippen molar-refractivity contribution in [2.45, 2.75) is 11.8 Å². The van der Waals surface area contributed by atoms with Crippen molar-refractivity contribution in [3.8, 4) is 5.75 Å². The van der Waals surface area contributed by atoms with Gasteiger partial charge in [-0.2, -0.15) is 0 Å². The molecular weight excluding hydrogens is 298 g/mol. The molecule has 8 nitrogen and oxygen atoms in total. The summed E-state index contributed by atoms with van der Waals surface area (Å²) in [6.45, 7) is 1.44. The number of aromatic hydroxyl groups is 1. The molecule has 1 aromatic carbocycles. The number of nitrogens with zero attached hydrogens (tertiary/aromatic N) is 2. The molecule has 110 valence electrons. The van der Waals surface area contributed by atoms with Crippen LogP contribution in [0.5, 0.6) is 5.75 Å². The molecule has 0 saturated heterocycles. The van der Waals surface area contributed by atoms with Crippen molar-refractivity contribution >= 4 is 21.5 Å². The molecule has 21 heavy (non-hydrogen) atoms. The topological polar surface area (TPSA) is 122 Å². The Morgan fingerprint density at radius 3 is 2.62 bits per heavy atom. The predicted molar refractivity (Wildman–Crippen MR) is 74.5 cm³/mol. The highest BCUT2D eigenvalue weighted by atomic mass is 32.2. The highest BCUT2D eigenvalue weighted by Crippen LogP contribution is 2.30. The van der Waals surface area contributed by atoms with E-state index in [1.54, 1.807) is 0 Å². The summed E-state index contributed by atoms with van der Waals surface area (Å²) in [5.41, 5.74) is -0.329. The maximum absolute atomic E-state index is 12.3. The first-order valence-electron chi connectivity index (χ1n) is 5.74. The molecule has 0 saturated carbocycles. The summed E-state index contributed by atoms with van der Waals surface area (Å²) >= 11 is 0. The van der Waals surface area contributed by atoms with Crippen LogP contribution in [0.4, 0.5) is 11.5 Å². The highest BCUT2D eigenvalue weighted by molar-refractivity contribution is 7.93. The van der Waals surface area contributed by atoms with Gasteiger partial charge in [-0.25, -0.2) is 13.4 Å². The molecular formula is C12H11N3O5S. The van der Waals surface area contributed by atoms with Gasteiger partial charge in [-0.3, -0.25) is 14.8 Å². The zero-order chi connectivity index (χ0) is 15.6. The minimum absolute atomic E-state index is 0.215. The molecule has 0 amide bonds. The van der Waals surface area contributed by atoms with Gasteiger partial charge in [0, 0.05) is 12.3 Å². The summed E-state index contributed by atoms with van der Waals surface area (Å²) in [5, 5.41) is 20.5. The van der Waals surface area contributed by atoms with E-state index in [9.17, 15) is 23.6 Å². The molecule has 1 aromatic heterocycles. The van der Waals surface area contributed by atoms with Crippen molar-refractivity contribution in [2.24, 2.45) is 0 Å². The largest absolute Gasteiger partial charge is 0.504 e. The molecule has 2 aromatic rings. The van der Waals surface area contributed by atoms with Crippen LogP contribution in [0, 0.1) is 17.0 Å². The summed E-state index contributed by atoms with van der Waals surface area (Å²) in [4.78, 5) is 13.4. The van der Waals surface area contributed by atoms with Crippen molar-refractivity contribution in [2.75, 3.05) is 4.72 Å². The van der Waals surface area contributed by atoms with Crippen molar-refractivity contribution in [1.82, 2.24) is 4.98 Å². The number of nitro benzene ring substituents is 1. The Kier molecular flexibility index (Phi) is 3.76. The fourth-order valence-electron chi connectivity index (χ4n) is 1.78. The van der Waals surface area contributed by atoms with E-state index in [0.717, 1.165) is 6.07 Å². The van der Waals surface area contributed by atoms with E-state index in [1.165, 1.54) is 37.4 Å². The molecule has 2 N–H and O–H groups in total. The van der Waals surface area contributed by atoms with E-state index in [4.69, 9.17) is 0 Å². The molecule has 0 spiro atoms. The molecule has 1 heterocycles. The van der Waals surface area contributed by atoms with Crippen molar-refractivity contribution in [3.05, 3.63) is 52.2 Å². The second-order valence-electron chi connectivity index (χ2n) is 4.16. The Labute approximate surface area is 120 Å². The third kappa shape index (κ3) is 2.92. The molecule has 0 aliphatic rings. The highest BCUT2D eigenvalue weighted by Gasteiger charge is 2.28. The zero-order valence-corrected chi connectivity index (χ0v) is 11.7. The predicted octanol–water partition coefficient (Wildman–Crippen LogP) is 1.80. The molecule has 0 unspecified atom stereocenters. The second-order valence-corrected chi connectivity index (χ2v) is 5.78. The molecule has 0 aliphatic heterocycles. The zero-order valence-electron chi connectivity index (χ0n) is 10.8. The summed E-state index contributed by atoms with van der Waals surface area (Å²) in [6, 6.07) is 6.60. The summed E-state index contributed by atoms with van der Waals surface area (Å²) in [5.74, 6) is -0.674. The van der Waals surface area contributed by atoms with Gasteiger partial charge in [-0.1, -0.05) is 12.1 Å². The van der Waals surface area contributed by atoms with Gasteiger partial charge >= 0.3 is 0 Å². The lowest BCUT2D eigenvalue weighted by Crippen LogP contribution is -2.17. The SMILES string of the molecule is Cc1cccc([N+](=O)[O-])c1S(=O)(=O)Nc1ncccc1O. The van der Waals surface area contributed by atoms with Crippen LogP contribution in [0.3, 0.4) is 0 Å². The smallest absolute Gasteiger partial charge is 0.290 e. The number of aromatic nitrogens is 1. The van der Waals surface area contributed by atoms with Crippen LogP contribution in [-0.4, -0.2) is 23.4 Å². The van der Waals surface area contributed by atoms with E-state index in [-0.39, 0.29) is 17.1 Å². The number of aryl methyl sites for hydroxylation is 1. The number of pyridine rings is 1. The maximum atomic E-state index is 12.3. The molecule has 2 rings (SSSR count). The second kappa shape index (κ2) is 5.37.